The number of methoxy groups -OCH3 is 1. The van der Waals surface area contributed by atoms with Crippen LogP contribution in [0.4, 0.5) is 0 Å². The first-order valence-electron chi connectivity index (χ1n) is 7.51. The second kappa shape index (κ2) is 7.28. The second-order valence-corrected chi connectivity index (χ2v) is 5.60. The number of rotatable bonds is 6. The van der Waals surface area contributed by atoms with Crippen molar-refractivity contribution in [3.8, 4) is 5.75 Å². The van der Waals surface area contributed by atoms with Crippen LogP contribution < -0.4 is 10.1 Å². The molecule has 2 nitrogen and oxygen atoms in total. The van der Waals surface area contributed by atoms with Gasteiger partial charge in [-0.15, -0.1) is 0 Å². The summed E-state index contributed by atoms with van der Waals surface area (Å²) in [5.74, 6) is 1.33. The Morgan fingerprint density at radius 2 is 1.67 bits per heavy atom. The Morgan fingerprint density at radius 3 is 2.29 bits per heavy atom. The van der Waals surface area contributed by atoms with E-state index < -0.39 is 0 Å². The van der Waals surface area contributed by atoms with Crippen LogP contribution >= 0.6 is 0 Å². The van der Waals surface area contributed by atoms with Crippen LogP contribution in [0.2, 0.25) is 0 Å². The third-order valence-corrected chi connectivity index (χ3v) is 3.92. The molecule has 2 heteroatoms. The van der Waals surface area contributed by atoms with Gasteiger partial charge in [0.15, 0.2) is 0 Å². The van der Waals surface area contributed by atoms with Gasteiger partial charge in [0.1, 0.15) is 5.75 Å². The van der Waals surface area contributed by atoms with Crippen molar-refractivity contribution in [1.82, 2.24) is 5.32 Å². The molecule has 0 saturated heterocycles. The predicted molar refractivity (Wildman–Crippen MR) is 89.3 cm³/mol. The van der Waals surface area contributed by atoms with Gasteiger partial charge in [-0.05, 0) is 45.5 Å². The van der Waals surface area contributed by atoms with Crippen molar-refractivity contribution in [2.45, 2.75) is 26.2 Å². The molecule has 0 spiro atoms. The van der Waals surface area contributed by atoms with Crippen LogP contribution in [-0.2, 0) is 0 Å². The van der Waals surface area contributed by atoms with Crippen molar-refractivity contribution in [3.05, 3.63) is 64.7 Å². The SMILES string of the molecule is CNCCC(c1ccc(C)cc1)c1cc(C)ccc1OC. The first-order valence-corrected chi connectivity index (χ1v) is 7.51. The lowest BCUT2D eigenvalue weighted by Gasteiger charge is -2.21. The molecule has 2 rings (SSSR count). The lowest BCUT2D eigenvalue weighted by molar-refractivity contribution is 0.406. The first-order chi connectivity index (χ1) is 10.2. The summed E-state index contributed by atoms with van der Waals surface area (Å²) in [7, 11) is 3.75. The molecular formula is C19H25NO. The Kier molecular flexibility index (Phi) is 5.40. The van der Waals surface area contributed by atoms with Gasteiger partial charge in [0.2, 0.25) is 0 Å². The number of aryl methyl sites for hydroxylation is 2. The van der Waals surface area contributed by atoms with Gasteiger partial charge in [-0.25, -0.2) is 0 Å². The standard InChI is InChI=1S/C19H25NO/c1-14-5-8-16(9-6-14)17(11-12-20-3)18-13-15(2)7-10-19(18)21-4/h5-10,13,17,20H,11-12H2,1-4H3. The largest absolute Gasteiger partial charge is 0.496 e. The van der Waals surface area contributed by atoms with Gasteiger partial charge in [0, 0.05) is 11.5 Å². The summed E-state index contributed by atoms with van der Waals surface area (Å²) >= 11 is 0. The van der Waals surface area contributed by atoms with Crippen LogP contribution in [0.1, 0.15) is 34.6 Å². The lowest BCUT2D eigenvalue weighted by Crippen LogP contribution is -2.14. The van der Waals surface area contributed by atoms with E-state index in [4.69, 9.17) is 4.74 Å². The topological polar surface area (TPSA) is 21.3 Å². The van der Waals surface area contributed by atoms with E-state index in [1.807, 2.05) is 7.05 Å². The van der Waals surface area contributed by atoms with Crippen LogP contribution in [0, 0.1) is 13.8 Å². The van der Waals surface area contributed by atoms with Crippen molar-refractivity contribution in [2.24, 2.45) is 0 Å². The summed E-state index contributed by atoms with van der Waals surface area (Å²) in [5, 5.41) is 3.26. The van der Waals surface area contributed by atoms with Gasteiger partial charge in [-0.3, -0.25) is 0 Å². The molecule has 112 valence electrons. The van der Waals surface area contributed by atoms with E-state index in [-0.39, 0.29) is 0 Å². The molecule has 1 unspecified atom stereocenters. The monoisotopic (exact) mass is 283 g/mol. The van der Waals surface area contributed by atoms with E-state index in [0.29, 0.717) is 5.92 Å². The van der Waals surface area contributed by atoms with Crippen molar-refractivity contribution in [2.75, 3.05) is 20.7 Å². The van der Waals surface area contributed by atoms with Crippen LogP contribution in [0.3, 0.4) is 0 Å². The maximum absolute atomic E-state index is 5.59. The van der Waals surface area contributed by atoms with E-state index in [1.54, 1.807) is 7.11 Å². The van der Waals surface area contributed by atoms with Crippen LogP contribution in [0.15, 0.2) is 42.5 Å². The molecule has 0 heterocycles. The summed E-state index contributed by atoms with van der Waals surface area (Å²) in [6, 6.07) is 15.3. The van der Waals surface area contributed by atoms with Crippen molar-refractivity contribution < 1.29 is 4.74 Å². The highest BCUT2D eigenvalue weighted by Crippen LogP contribution is 2.35. The highest BCUT2D eigenvalue weighted by molar-refractivity contribution is 5.44. The predicted octanol–water partition coefficient (Wildman–Crippen LogP) is 4.05. The average Bonchev–Trinajstić information content (AvgIpc) is 2.49. The third kappa shape index (κ3) is 3.85. The molecule has 2 aromatic rings. The zero-order valence-electron chi connectivity index (χ0n) is 13.4. The molecule has 0 amide bonds. The van der Waals surface area contributed by atoms with E-state index in [1.165, 1.54) is 22.3 Å². The van der Waals surface area contributed by atoms with Gasteiger partial charge in [-0.2, -0.15) is 0 Å². The highest BCUT2D eigenvalue weighted by Gasteiger charge is 2.18. The zero-order valence-corrected chi connectivity index (χ0v) is 13.4. The fourth-order valence-electron chi connectivity index (χ4n) is 2.72. The fourth-order valence-corrected chi connectivity index (χ4v) is 2.72. The van der Waals surface area contributed by atoms with Gasteiger partial charge < -0.3 is 10.1 Å². The minimum absolute atomic E-state index is 0.355. The summed E-state index contributed by atoms with van der Waals surface area (Å²) in [6.07, 6.45) is 1.05. The van der Waals surface area contributed by atoms with Crippen molar-refractivity contribution in [1.29, 1.82) is 0 Å². The molecule has 0 bridgehead atoms. The quantitative estimate of drug-likeness (QED) is 0.863. The van der Waals surface area contributed by atoms with Crippen LogP contribution in [0.25, 0.3) is 0 Å². The number of hydrogen-bond donors (Lipinski definition) is 1. The molecular weight excluding hydrogens is 258 g/mol. The van der Waals surface area contributed by atoms with Crippen LogP contribution in [-0.4, -0.2) is 20.7 Å². The Hall–Kier alpha value is -1.80. The van der Waals surface area contributed by atoms with Gasteiger partial charge in [0.25, 0.3) is 0 Å². The van der Waals surface area contributed by atoms with E-state index in [0.717, 1.165) is 18.7 Å². The Bertz CT molecular complexity index is 575. The Labute approximate surface area is 128 Å². The van der Waals surface area contributed by atoms with Gasteiger partial charge in [0.05, 0.1) is 7.11 Å². The smallest absolute Gasteiger partial charge is 0.122 e. The molecule has 21 heavy (non-hydrogen) atoms. The van der Waals surface area contributed by atoms with Crippen LogP contribution in [0.5, 0.6) is 5.75 Å². The number of ether oxygens (including phenoxy) is 1. The van der Waals surface area contributed by atoms with E-state index in [2.05, 4.69) is 61.6 Å². The second-order valence-electron chi connectivity index (χ2n) is 5.60. The summed E-state index contributed by atoms with van der Waals surface area (Å²) < 4.78 is 5.59. The molecule has 0 radical (unpaired) electrons. The highest BCUT2D eigenvalue weighted by atomic mass is 16.5. The number of benzene rings is 2. The number of nitrogens with one attached hydrogen (secondary N) is 1. The fraction of sp³-hybridized carbons (Fsp3) is 0.368. The molecule has 0 saturated carbocycles. The lowest BCUT2D eigenvalue weighted by atomic mass is 9.86. The molecule has 0 aliphatic heterocycles. The van der Waals surface area contributed by atoms with E-state index >= 15 is 0 Å². The summed E-state index contributed by atoms with van der Waals surface area (Å²) in [6.45, 7) is 5.24. The maximum atomic E-state index is 5.59. The summed E-state index contributed by atoms with van der Waals surface area (Å²) in [5.41, 5.74) is 5.19. The van der Waals surface area contributed by atoms with Crippen molar-refractivity contribution >= 4 is 0 Å². The first kappa shape index (κ1) is 15.6. The molecule has 0 aliphatic carbocycles. The molecule has 1 atom stereocenters. The normalized spacial score (nSPS) is 12.2. The summed E-state index contributed by atoms with van der Waals surface area (Å²) in [4.78, 5) is 0. The molecule has 0 aliphatic rings. The average molecular weight is 283 g/mol. The zero-order chi connectivity index (χ0) is 15.2. The maximum Gasteiger partial charge on any atom is 0.122 e. The van der Waals surface area contributed by atoms with E-state index in [9.17, 15) is 0 Å². The third-order valence-electron chi connectivity index (χ3n) is 3.92. The number of hydrogen-bond acceptors (Lipinski definition) is 2. The minimum atomic E-state index is 0.355. The molecule has 2 aromatic carbocycles. The Balaban J connectivity index is 2.44. The van der Waals surface area contributed by atoms with Crippen molar-refractivity contribution in [3.63, 3.8) is 0 Å². The van der Waals surface area contributed by atoms with Gasteiger partial charge in [-0.1, -0.05) is 47.5 Å². The molecule has 0 fully saturated rings. The Morgan fingerprint density at radius 1 is 1.00 bits per heavy atom. The van der Waals surface area contributed by atoms with Gasteiger partial charge >= 0.3 is 0 Å². The molecule has 0 aromatic heterocycles. The minimum Gasteiger partial charge on any atom is -0.496 e. The molecule has 1 N–H and O–H groups in total.